The van der Waals surface area contributed by atoms with E-state index in [9.17, 15) is 10.4 Å². The van der Waals surface area contributed by atoms with E-state index in [1.807, 2.05) is 4.90 Å². The van der Waals surface area contributed by atoms with Gasteiger partial charge in [0.05, 0.1) is 37.4 Å². The van der Waals surface area contributed by atoms with Crippen molar-refractivity contribution in [3.8, 4) is 47.3 Å². The standard InChI is InChI=1S/C39H40F2N6O4/c1-3-26-28(40)9-8-24-19-25(48)20-27(30(24)26)33-32(41)34-31(36(43-33)49-2)35(46-15-6-17-50-18-16-46)45-37(44-34)51-23-39-10-4-7-29(39)47(14-5-11-39)22-38(21-42)12-13-38/h1,8-9,19-20,29,48H,4-7,10-18,22-23H2,2H3. The minimum Gasteiger partial charge on any atom is -0.508 e. The summed E-state index contributed by atoms with van der Waals surface area (Å²) < 4.78 is 50.2. The van der Waals surface area contributed by atoms with Crippen LogP contribution in [0, 0.1) is 46.1 Å². The first-order valence-corrected chi connectivity index (χ1v) is 17.8. The Morgan fingerprint density at radius 1 is 1.04 bits per heavy atom. The Balaban J connectivity index is 1.25. The van der Waals surface area contributed by atoms with E-state index in [0.717, 1.165) is 64.5 Å². The number of terminal acetylenes is 1. The average molecular weight is 695 g/mol. The highest BCUT2D eigenvalue weighted by Gasteiger charge is 2.52. The van der Waals surface area contributed by atoms with E-state index in [2.05, 4.69) is 26.9 Å². The zero-order valence-corrected chi connectivity index (χ0v) is 28.7. The number of phenolic OH excluding ortho intramolecular Hbond substituents is 1. The number of piperidine rings is 1. The Morgan fingerprint density at radius 3 is 2.67 bits per heavy atom. The van der Waals surface area contributed by atoms with Crippen molar-refractivity contribution in [1.82, 2.24) is 19.9 Å². The van der Waals surface area contributed by atoms with Gasteiger partial charge in [0.2, 0.25) is 5.88 Å². The molecule has 2 atom stereocenters. The molecule has 0 radical (unpaired) electrons. The van der Waals surface area contributed by atoms with E-state index in [1.165, 1.54) is 31.4 Å². The number of anilines is 1. The number of hydrogen-bond acceptors (Lipinski definition) is 10. The first kappa shape index (κ1) is 33.4. The van der Waals surface area contributed by atoms with Crippen molar-refractivity contribution >= 4 is 27.5 Å². The number of pyridine rings is 1. The fraction of sp³-hybridized carbons (Fsp3) is 0.487. The third kappa shape index (κ3) is 5.84. The number of benzene rings is 2. The highest BCUT2D eigenvalue weighted by atomic mass is 19.1. The Hall–Kier alpha value is -4.78. The van der Waals surface area contributed by atoms with Gasteiger partial charge in [0.25, 0.3) is 0 Å². The molecule has 12 heteroatoms. The van der Waals surface area contributed by atoms with Gasteiger partial charge in [-0.2, -0.15) is 15.2 Å². The van der Waals surface area contributed by atoms with Crippen LogP contribution in [0.1, 0.15) is 56.9 Å². The van der Waals surface area contributed by atoms with Crippen LogP contribution < -0.4 is 14.4 Å². The minimum absolute atomic E-state index is 0.0322. The monoisotopic (exact) mass is 694 g/mol. The number of halogens is 2. The topological polar surface area (TPSA) is 117 Å². The van der Waals surface area contributed by atoms with Crippen LogP contribution in [0.15, 0.2) is 24.3 Å². The molecule has 4 aliphatic rings. The normalized spacial score (nSPS) is 23.0. The second-order valence-corrected chi connectivity index (χ2v) is 14.5. The third-order valence-electron chi connectivity index (χ3n) is 11.4. The summed E-state index contributed by atoms with van der Waals surface area (Å²) in [6.07, 6.45) is 13.5. The lowest BCUT2D eigenvalue weighted by molar-refractivity contribution is -0.00606. The smallest absolute Gasteiger partial charge is 0.319 e. The van der Waals surface area contributed by atoms with Crippen molar-refractivity contribution in [2.24, 2.45) is 10.8 Å². The summed E-state index contributed by atoms with van der Waals surface area (Å²) in [5.74, 6) is 1.24. The SMILES string of the molecule is C#Cc1c(F)ccc2cc(O)cc(-c3nc(OC)c4c(N5CCCOCC5)nc(OCC56CCCC5N(CC5(C#N)CC5)CCC6)nc4c3F)c12. The molecule has 2 saturated heterocycles. The van der Waals surface area contributed by atoms with Crippen LogP contribution in [0.5, 0.6) is 17.6 Å². The summed E-state index contributed by atoms with van der Waals surface area (Å²) >= 11 is 0. The highest BCUT2D eigenvalue weighted by Crippen LogP contribution is 2.52. The molecule has 0 spiro atoms. The zero-order chi connectivity index (χ0) is 35.3. The molecule has 2 aromatic carbocycles. The summed E-state index contributed by atoms with van der Waals surface area (Å²) in [6, 6.07) is 8.33. The van der Waals surface area contributed by atoms with Crippen molar-refractivity contribution in [1.29, 1.82) is 5.26 Å². The molecule has 4 fully saturated rings. The molecule has 0 amide bonds. The summed E-state index contributed by atoms with van der Waals surface area (Å²) in [5, 5.41) is 21.4. The number of phenols is 1. The van der Waals surface area contributed by atoms with E-state index in [4.69, 9.17) is 25.6 Å². The summed E-state index contributed by atoms with van der Waals surface area (Å²) in [6.45, 7) is 4.27. The van der Waals surface area contributed by atoms with Gasteiger partial charge >= 0.3 is 6.01 Å². The number of hydrogen-bond donors (Lipinski definition) is 1. The highest BCUT2D eigenvalue weighted by molar-refractivity contribution is 6.04. The molecule has 4 heterocycles. The van der Waals surface area contributed by atoms with Crippen LogP contribution >= 0.6 is 0 Å². The van der Waals surface area contributed by atoms with Gasteiger partial charge in [-0.05, 0) is 75.1 Å². The van der Waals surface area contributed by atoms with Crippen molar-refractivity contribution in [3.63, 3.8) is 0 Å². The number of likely N-dealkylation sites (tertiary alicyclic amines) is 1. The van der Waals surface area contributed by atoms with Gasteiger partial charge in [0, 0.05) is 48.6 Å². The number of aromatic nitrogens is 3. The van der Waals surface area contributed by atoms with Crippen LogP contribution in [0.25, 0.3) is 32.9 Å². The van der Waals surface area contributed by atoms with Gasteiger partial charge in [0.1, 0.15) is 34.0 Å². The number of aromatic hydroxyl groups is 1. The molecule has 264 valence electrons. The Morgan fingerprint density at radius 2 is 1.88 bits per heavy atom. The van der Waals surface area contributed by atoms with Gasteiger partial charge in [-0.15, -0.1) is 6.42 Å². The molecular weight excluding hydrogens is 654 g/mol. The molecule has 51 heavy (non-hydrogen) atoms. The molecule has 1 N–H and O–H groups in total. The van der Waals surface area contributed by atoms with Crippen molar-refractivity contribution in [2.45, 2.75) is 57.4 Å². The molecule has 0 bridgehead atoms. The van der Waals surface area contributed by atoms with Crippen LogP contribution in [-0.4, -0.2) is 84.1 Å². The number of ether oxygens (including phenoxy) is 3. The van der Waals surface area contributed by atoms with Gasteiger partial charge in [-0.25, -0.2) is 13.8 Å². The van der Waals surface area contributed by atoms with Crippen LogP contribution in [0.4, 0.5) is 14.6 Å². The van der Waals surface area contributed by atoms with Crippen LogP contribution in [-0.2, 0) is 4.74 Å². The summed E-state index contributed by atoms with van der Waals surface area (Å²) in [4.78, 5) is 18.7. The molecule has 2 unspecified atom stereocenters. The second kappa shape index (κ2) is 13.1. The van der Waals surface area contributed by atoms with E-state index in [-0.39, 0.29) is 67.6 Å². The first-order valence-electron chi connectivity index (χ1n) is 17.8. The summed E-state index contributed by atoms with van der Waals surface area (Å²) in [7, 11) is 1.43. The van der Waals surface area contributed by atoms with E-state index < -0.39 is 11.6 Å². The van der Waals surface area contributed by atoms with Crippen molar-refractivity contribution in [2.75, 3.05) is 58.0 Å². The molecule has 2 aromatic heterocycles. The fourth-order valence-electron chi connectivity index (χ4n) is 8.69. The minimum atomic E-state index is -0.809. The number of rotatable bonds is 8. The maximum absolute atomic E-state index is 17.2. The molecule has 8 rings (SSSR count). The van der Waals surface area contributed by atoms with E-state index in [1.54, 1.807) is 0 Å². The molecule has 2 saturated carbocycles. The lowest BCUT2D eigenvalue weighted by Gasteiger charge is -2.46. The average Bonchev–Trinajstić information content (AvgIpc) is 3.86. The van der Waals surface area contributed by atoms with E-state index >= 15 is 8.78 Å². The van der Waals surface area contributed by atoms with Gasteiger partial charge in [-0.3, -0.25) is 4.90 Å². The number of nitriles is 1. The maximum atomic E-state index is 17.2. The Kier molecular flexibility index (Phi) is 8.56. The van der Waals surface area contributed by atoms with E-state index in [0.29, 0.717) is 44.1 Å². The van der Waals surface area contributed by atoms with Crippen molar-refractivity contribution < 1.29 is 28.1 Å². The number of methoxy groups -OCH3 is 1. The molecule has 10 nitrogen and oxygen atoms in total. The number of fused-ring (bicyclic) bond motifs is 3. The quantitative estimate of drug-likeness (QED) is 0.209. The van der Waals surface area contributed by atoms with Gasteiger partial charge < -0.3 is 24.2 Å². The van der Waals surface area contributed by atoms with Gasteiger partial charge in [0.15, 0.2) is 5.82 Å². The molecule has 4 aromatic rings. The van der Waals surface area contributed by atoms with Gasteiger partial charge in [-0.1, -0.05) is 18.4 Å². The molecular formula is C39H40F2N6O4. The largest absolute Gasteiger partial charge is 0.508 e. The third-order valence-corrected chi connectivity index (χ3v) is 11.4. The Bertz CT molecular complexity index is 2100. The van der Waals surface area contributed by atoms with Crippen molar-refractivity contribution in [3.05, 3.63) is 41.5 Å². The summed E-state index contributed by atoms with van der Waals surface area (Å²) in [5.41, 5.74) is -0.617. The second-order valence-electron chi connectivity index (χ2n) is 14.5. The fourth-order valence-corrected chi connectivity index (χ4v) is 8.69. The predicted octanol–water partition coefficient (Wildman–Crippen LogP) is 6.36. The zero-order valence-electron chi connectivity index (χ0n) is 28.7. The lowest BCUT2D eigenvalue weighted by atomic mass is 9.75. The van der Waals surface area contributed by atoms with Crippen LogP contribution in [0.2, 0.25) is 0 Å². The Labute approximate surface area is 295 Å². The first-order chi connectivity index (χ1) is 24.8. The number of nitrogens with zero attached hydrogens (tertiary/aromatic N) is 6. The predicted molar refractivity (Wildman–Crippen MR) is 188 cm³/mol. The molecule has 2 aliphatic heterocycles. The lowest BCUT2D eigenvalue weighted by Crippen LogP contribution is -2.53. The van der Waals surface area contributed by atoms with Crippen LogP contribution in [0.3, 0.4) is 0 Å². The molecule has 2 aliphatic carbocycles. The maximum Gasteiger partial charge on any atom is 0.319 e.